The van der Waals surface area contributed by atoms with Crippen LogP contribution in [0.4, 0.5) is 4.39 Å². The Hall–Kier alpha value is -2.99. The number of aromatic nitrogens is 1. The summed E-state index contributed by atoms with van der Waals surface area (Å²) in [6.45, 7) is 3.52. The van der Waals surface area contributed by atoms with Gasteiger partial charge in [0, 0.05) is 24.6 Å². The van der Waals surface area contributed by atoms with E-state index in [-0.39, 0.29) is 17.8 Å². The van der Waals surface area contributed by atoms with Crippen LogP contribution < -0.4 is 10.1 Å². The van der Waals surface area contributed by atoms with E-state index in [9.17, 15) is 9.18 Å². The van der Waals surface area contributed by atoms with Gasteiger partial charge in [-0.1, -0.05) is 12.1 Å². The first kappa shape index (κ1) is 19.3. The molecule has 1 atom stereocenters. The molecule has 5 nitrogen and oxygen atoms in total. The molecule has 2 heterocycles. The second-order valence-electron chi connectivity index (χ2n) is 7.23. The molecule has 0 saturated carbocycles. The average Bonchev–Trinajstić information content (AvgIpc) is 3.24. The standard InChI is InChI=1S/C23H23FN2O3/c1-15-21(11-17-6-7-18(24)12-22(17)26-15)23(27)25-13-16-4-8-19(9-5-16)29-14-20-3-2-10-28-20/h4-9,11-12,20H,2-3,10,13-14H2,1H3,(H,25,27). The molecule has 0 spiro atoms. The molecule has 6 heteroatoms. The number of hydrogen-bond donors (Lipinski definition) is 1. The van der Waals surface area contributed by atoms with Crippen LogP contribution in [0.2, 0.25) is 0 Å². The molecule has 0 aliphatic carbocycles. The van der Waals surface area contributed by atoms with Gasteiger partial charge in [0.15, 0.2) is 0 Å². The molecule has 1 saturated heterocycles. The zero-order valence-corrected chi connectivity index (χ0v) is 16.3. The second-order valence-corrected chi connectivity index (χ2v) is 7.23. The van der Waals surface area contributed by atoms with Gasteiger partial charge in [0.05, 0.1) is 22.9 Å². The van der Waals surface area contributed by atoms with E-state index < -0.39 is 0 Å². The maximum absolute atomic E-state index is 13.4. The molecule has 0 radical (unpaired) electrons. The molecule has 0 bridgehead atoms. The number of halogens is 1. The van der Waals surface area contributed by atoms with E-state index in [2.05, 4.69) is 10.3 Å². The Balaban J connectivity index is 1.36. The first-order valence-electron chi connectivity index (χ1n) is 9.77. The lowest BCUT2D eigenvalue weighted by molar-refractivity contribution is 0.0679. The van der Waals surface area contributed by atoms with Gasteiger partial charge in [-0.3, -0.25) is 9.78 Å². The van der Waals surface area contributed by atoms with E-state index in [0.717, 1.165) is 36.1 Å². The minimum atomic E-state index is -0.343. The highest BCUT2D eigenvalue weighted by Crippen LogP contribution is 2.19. The lowest BCUT2D eigenvalue weighted by atomic mass is 10.1. The van der Waals surface area contributed by atoms with Crippen molar-refractivity contribution < 1.29 is 18.7 Å². The van der Waals surface area contributed by atoms with Gasteiger partial charge in [-0.15, -0.1) is 0 Å². The lowest BCUT2D eigenvalue weighted by Crippen LogP contribution is -2.24. The summed E-state index contributed by atoms with van der Waals surface area (Å²) in [4.78, 5) is 17.0. The van der Waals surface area contributed by atoms with Crippen LogP contribution in [0.1, 0.15) is 34.5 Å². The van der Waals surface area contributed by atoms with Crippen molar-refractivity contribution in [2.24, 2.45) is 0 Å². The number of amides is 1. The third-order valence-electron chi connectivity index (χ3n) is 5.05. The van der Waals surface area contributed by atoms with Crippen molar-refractivity contribution in [3.05, 3.63) is 71.2 Å². The van der Waals surface area contributed by atoms with E-state index in [1.807, 2.05) is 24.3 Å². The van der Waals surface area contributed by atoms with Crippen LogP contribution in [0.5, 0.6) is 5.75 Å². The fourth-order valence-corrected chi connectivity index (χ4v) is 3.41. The van der Waals surface area contributed by atoms with Crippen LogP contribution in [0.15, 0.2) is 48.5 Å². The minimum Gasteiger partial charge on any atom is -0.491 e. The quantitative estimate of drug-likeness (QED) is 0.682. The molecular weight excluding hydrogens is 371 g/mol. The summed E-state index contributed by atoms with van der Waals surface area (Å²) in [5, 5.41) is 3.65. The van der Waals surface area contributed by atoms with Gasteiger partial charge >= 0.3 is 0 Å². The molecule has 3 aromatic rings. The van der Waals surface area contributed by atoms with Crippen molar-refractivity contribution in [1.82, 2.24) is 10.3 Å². The van der Waals surface area contributed by atoms with Crippen LogP contribution in [0, 0.1) is 12.7 Å². The number of pyridine rings is 1. The number of carbonyl (C=O) groups excluding carboxylic acids is 1. The molecule has 29 heavy (non-hydrogen) atoms. The van der Waals surface area contributed by atoms with Crippen molar-refractivity contribution >= 4 is 16.8 Å². The summed E-state index contributed by atoms with van der Waals surface area (Å²) >= 11 is 0. The average molecular weight is 394 g/mol. The predicted molar refractivity (Wildman–Crippen MR) is 109 cm³/mol. The van der Waals surface area contributed by atoms with Gasteiger partial charge < -0.3 is 14.8 Å². The third kappa shape index (κ3) is 4.71. The largest absolute Gasteiger partial charge is 0.491 e. The van der Waals surface area contributed by atoms with Crippen molar-refractivity contribution in [3.63, 3.8) is 0 Å². The molecule has 2 aromatic carbocycles. The SMILES string of the molecule is Cc1nc2cc(F)ccc2cc1C(=O)NCc1ccc(OCC2CCCO2)cc1. The molecule has 1 unspecified atom stereocenters. The topological polar surface area (TPSA) is 60.5 Å². The summed E-state index contributed by atoms with van der Waals surface area (Å²) in [6.07, 6.45) is 2.32. The molecule has 1 aliphatic rings. The fourth-order valence-electron chi connectivity index (χ4n) is 3.41. The van der Waals surface area contributed by atoms with E-state index >= 15 is 0 Å². The summed E-state index contributed by atoms with van der Waals surface area (Å²) in [5.41, 5.74) is 2.56. The normalized spacial score (nSPS) is 16.1. The number of hydrogen-bond acceptors (Lipinski definition) is 4. The van der Waals surface area contributed by atoms with Crippen molar-refractivity contribution in [1.29, 1.82) is 0 Å². The van der Waals surface area contributed by atoms with Crippen LogP contribution >= 0.6 is 0 Å². The van der Waals surface area contributed by atoms with Gasteiger partial charge in [0.1, 0.15) is 18.2 Å². The maximum atomic E-state index is 13.4. The molecule has 1 fully saturated rings. The monoisotopic (exact) mass is 394 g/mol. The van der Waals surface area contributed by atoms with E-state index in [1.165, 1.54) is 12.1 Å². The first-order chi connectivity index (χ1) is 14.1. The predicted octanol–water partition coefficient (Wildman–Crippen LogP) is 4.17. The van der Waals surface area contributed by atoms with E-state index in [4.69, 9.17) is 9.47 Å². The number of nitrogens with zero attached hydrogens (tertiary/aromatic N) is 1. The zero-order valence-electron chi connectivity index (χ0n) is 16.3. The van der Waals surface area contributed by atoms with Gasteiger partial charge in [-0.25, -0.2) is 4.39 Å². The third-order valence-corrected chi connectivity index (χ3v) is 5.05. The van der Waals surface area contributed by atoms with Gasteiger partial charge in [0.2, 0.25) is 0 Å². The highest BCUT2D eigenvalue weighted by molar-refractivity contribution is 5.98. The Bertz CT molecular complexity index is 1010. The van der Waals surface area contributed by atoms with Gasteiger partial charge in [0.25, 0.3) is 5.91 Å². The molecule has 1 aliphatic heterocycles. The number of ether oxygens (including phenoxy) is 2. The van der Waals surface area contributed by atoms with Crippen molar-refractivity contribution in [3.8, 4) is 5.75 Å². The lowest BCUT2D eigenvalue weighted by Gasteiger charge is -2.12. The number of fused-ring (bicyclic) bond motifs is 1. The Morgan fingerprint density at radius 1 is 1.24 bits per heavy atom. The first-order valence-corrected chi connectivity index (χ1v) is 9.77. The van der Waals surface area contributed by atoms with Crippen LogP contribution in [-0.4, -0.2) is 30.2 Å². The van der Waals surface area contributed by atoms with Crippen LogP contribution in [-0.2, 0) is 11.3 Å². The minimum absolute atomic E-state index is 0.184. The molecule has 1 N–H and O–H groups in total. The van der Waals surface area contributed by atoms with Crippen molar-refractivity contribution in [2.45, 2.75) is 32.4 Å². The van der Waals surface area contributed by atoms with E-state index in [0.29, 0.717) is 29.9 Å². The Labute approximate surface area is 168 Å². The molecule has 4 rings (SSSR count). The van der Waals surface area contributed by atoms with E-state index in [1.54, 1.807) is 19.1 Å². The molecule has 150 valence electrons. The van der Waals surface area contributed by atoms with Gasteiger partial charge in [-0.05, 0) is 55.7 Å². The number of rotatable bonds is 6. The molecular formula is C23H23FN2O3. The Morgan fingerprint density at radius 3 is 2.83 bits per heavy atom. The highest BCUT2D eigenvalue weighted by atomic mass is 19.1. The number of aryl methyl sites for hydroxylation is 1. The summed E-state index contributed by atoms with van der Waals surface area (Å²) in [5.74, 6) is 0.238. The maximum Gasteiger partial charge on any atom is 0.253 e. The van der Waals surface area contributed by atoms with Crippen LogP contribution in [0.3, 0.4) is 0 Å². The number of nitrogens with one attached hydrogen (secondary N) is 1. The Morgan fingerprint density at radius 2 is 2.07 bits per heavy atom. The second kappa shape index (κ2) is 8.57. The van der Waals surface area contributed by atoms with Gasteiger partial charge in [-0.2, -0.15) is 0 Å². The summed E-state index contributed by atoms with van der Waals surface area (Å²) < 4.78 is 24.7. The number of benzene rings is 2. The van der Waals surface area contributed by atoms with Crippen LogP contribution in [0.25, 0.3) is 10.9 Å². The Kier molecular flexibility index (Phi) is 5.71. The smallest absolute Gasteiger partial charge is 0.253 e. The summed E-state index contributed by atoms with van der Waals surface area (Å²) in [6, 6.07) is 13.8. The molecule has 1 aromatic heterocycles. The zero-order chi connectivity index (χ0) is 20.2. The van der Waals surface area contributed by atoms with Crippen molar-refractivity contribution in [2.75, 3.05) is 13.2 Å². The summed E-state index contributed by atoms with van der Waals surface area (Å²) in [7, 11) is 0. The fraction of sp³-hybridized carbons (Fsp3) is 0.304. The molecule has 1 amide bonds. The number of carbonyl (C=O) groups is 1. The highest BCUT2D eigenvalue weighted by Gasteiger charge is 2.16.